The number of aromatic nitrogens is 5. The monoisotopic (exact) mass is 267 g/mol. The van der Waals surface area contributed by atoms with E-state index in [-0.39, 0.29) is 5.75 Å². The molecule has 0 atom stereocenters. The average molecular weight is 267 g/mol. The lowest BCUT2D eigenvalue weighted by molar-refractivity contribution is -0.133. The number of hydrogen-bond donors (Lipinski definition) is 1. The Morgan fingerprint density at radius 2 is 2.39 bits per heavy atom. The molecule has 0 unspecified atom stereocenters. The third kappa shape index (κ3) is 3.10. The Hall–Kier alpha value is -1.83. The molecule has 2 heterocycles. The van der Waals surface area contributed by atoms with E-state index in [0.29, 0.717) is 11.7 Å². The molecule has 96 valence electrons. The third-order valence-corrected chi connectivity index (χ3v) is 3.37. The van der Waals surface area contributed by atoms with Gasteiger partial charge in [0.15, 0.2) is 5.16 Å². The Balaban J connectivity index is 1.95. The summed E-state index contributed by atoms with van der Waals surface area (Å²) in [5.41, 5.74) is 0. The number of aliphatic carboxylic acids is 1. The van der Waals surface area contributed by atoms with Gasteiger partial charge in [-0.15, -0.1) is 10.2 Å². The minimum absolute atomic E-state index is 0.0128. The molecule has 0 saturated heterocycles. The molecule has 0 aliphatic heterocycles. The highest BCUT2D eigenvalue weighted by molar-refractivity contribution is 7.99. The first-order valence-electron chi connectivity index (χ1n) is 5.35. The quantitative estimate of drug-likeness (QED) is 0.764. The number of imidazole rings is 1. The van der Waals surface area contributed by atoms with Gasteiger partial charge in [0.2, 0.25) is 0 Å². The molecule has 0 spiro atoms. The third-order valence-electron chi connectivity index (χ3n) is 2.40. The number of aryl methyl sites for hydroxylation is 3. The molecule has 1 N–H and O–H groups in total. The van der Waals surface area contributed by atoms with Crippen LogP contribution in [0.1, 0.15) is 5.82 Å². The van der Waals surface area contributed by atoms with E-state index >= 15 is 0 Å². The number of thioether (sulfide) groups is 1. The van der Waals surface area contributed by atoms with Crippen molar-refractivity contribution in [1.82, 2.24) is 24.3 Å². The summed E-state index contributed by atoms with van der Waals surface area (Å²) in [7, 11) is 1.94. The molecule has 2 aromatic heterocycles. The average Bonchev–Trinajstić information content (AvgIpc) is 2.92. The van der Waals surface area contributed by atoms with Crippen LogP contribution in [-0.2, 0) is 24.8 Å². The standard InChI is InChI=1S/C10H13N5O2S/c1-14-5-3-11-8(14)2-4-15-7-12-13-10(15)18-6-9(16)17/h3,5,7H,2,4,6H2,1H3,(H,16,17). The molecule has 0 aliphatic rings. The van der Waals surface area contributed by atoms with E-state index in [1.165, 1.54) is 11.8 Å². The van der Waals surface area contributed by atoms with Crippen molar-refractivity contribution in [1.29, 1.82) is 0 Å². The Labute approximate surface area is 108 Å². The van der Waals surface area contributed by atoms with Gasteiger partial charge in [0.25, 0.3) is 0 Å². The minimum atomic E-state index is -0.862. The first kappa shape index (κ1) is 12.6. The van der Waals surface area contributed by atoms with Crippen LogP contribution in [0.4, 0.5) is 0 Å². The van der Waals surface area contributed by atoms with Crippen LogP contribution in [0.3, 0.4) is 0 Å². The molecule has 0 bridgehead atoms. The fourth-order valence-corrected chi connectivity index (χ4v) is 2.16. The molecule has 0 aromatic carbocycles. The van der Waals surface area contributed by atoms with E-state index in [1.54, 1.807) is 12.5 Å². The number of rotatable bonds is 6. The highest BCUT2D eigenvalue weighted by Crippen LogP contribution is 2.14. The highest BCUT2D eigenvalue weighted by Gasteiger charge is 2.08. The second-order valence-corrected chi connectivity index (χ2v) is 4.64. The van der Waals surface area contributed by atoms with E-state index in [1.807, 2.05) is 22.4 Å². The van der Waals surface area contributed by atoms with Gasteiger partial charge in [0.05, 0.1) is 5.75 Å². The zero-order valence-corrected chi connectivity index (χ0v) is 10.7. The van der Waals surface area contributed by atoms with Crippen LogP contribution in [-0.4, -0.2) is 41.1 Å². The molecule has 0 amide bonds. The summed E-state index contributed by atoms with van der Waals surface area (Å²) in [6, 6.07) is 0. The molecular weight excluding hydrogens is 254 g/mol. The fraction of sp³-hybridized carbons (Fsp3) is 0.400. The van der Waals surface area contributed by atoms with E-state index in [0.717, 1.165) is 12.2 Å². The number of nitrogens with zero attached hydrogens (tertiary/aromatic N) is 5. The summed E-state index contributed by atoms with van der Waals surface area (Å²) in [5.74, 6) is 0.0951. The Bertz CT molecular complexity index is 536. The van der Waals surface area contributed by atoms with Gasteiger partial charge in [0.1, 0.15) is 12.2 Å². The van der Waals surface area contributed by atoms with Crippen molar-refractivity contribution in [2.45, 2.75) is 18.1 Å². The van der Waals surface area contributed by atoms with Gasteiger partial charge in [-0.05, 0) is 0 Å². The van der Waals surface area contributed by atoms with Crippen molar-refractivity contribution < 1.29 is 9.90 Å². The molecule has 7 nitrogen and oxygen atoms in total. The van der Waals surface area contributed by atoms with Crippen LogP contribution >= 0.6 is 11.8 Å². The summed E-state index contributed by atoms with van der Waals surface area (Å²) in [6.07, 6.45) is 6.00. The van der Waals surface area contributed by atoms with Gasteiger partial charge < -0.3 is 14.2 Å². The molecule has 18 heavy (non-hydrogen) atoms. The van der Waals surface area contributed by atoms with Crippen LogP contribution in [0.5, 0.6) is 0 Å². The lowest BCUT2D eigenvalue weighted by Crippen LogP contribution is -2.07. The van der Waals surface area contributed by atoms with Gasteiger partial charge >= 0.3 is 5.97 Å². The molecule has 0 aliphatic carbocycles. The van der Waals surface area contributed by atoms with E-state index in [9.17, 15) is 4.79 Å². The van der Waals surface area contributed by atoms with Crippen molar-refractivity contribution in [2.75, 3.05) is 5.75 Å². The van der Waals surface area contributed by atoms with Gasteiger partial charge in [-0.1, -0.05) is 11.8 Å². The van der Waals surface area contributed by atoms with Crippen molar-refractivity contribution in [3.05, 3.63) is 24.5 Å². The SMILES string of the molecule is Cn1ccnc1CCn1cnnc1SCC(=O)O. The van der Waals surface area contributed by atoms with E-state index in [2.05, 4.69) is 15.2 Å². The fourth-order valence-electron chi connectivity index (χ4n) is 1.49. The largest absolute Gasteiger partial charge is 0.481 e. The van der Waals surface area contributed by atoms with Crippen molar-refractivity contribution in [3.8, 4) is 0 Å². The lowest BCUT2D eigenvalue weighted by Gasteiger charge is -2.05. The zero-order valence-electron chi connectivity index (χ0n) is 9.85. The van der Waals surface area contributed by atoms with Crippen molar-refractivity contribution >= 4 is 17.7 Å². The molecule has 2 aromatic rings. The molecule has 2 rings (SSSR count). The number of carboxylic acids is 1. The Morgan fingerprint density at radius 1 is 1.56 bits per heavy atom. The molecular formula is C10H13N5O2S. The summed E-state index contributed by atoms with van der Waals surface area (Å²) < 4.78 is 3.79. The number of hydrogen-bond acceptors (Lipinski definition) is 5. The maximum atomic E-state index is 10.5. The van der Waals surface area contributed by atoms with Crippen molar-refractivity contribution in [3.63, 3.8) is 0 Å². The molecule has 0 saturated carbocycles. The van der Waals surface area contributed by atoms with E-state index < -0.39 is 5.97 Å². The lowest BCUT2D eigenvalue weighted by atomic mass is 10.4. The Kier molecular flexibility index (Phi) is 3.98. The maximum absolute atomic E-state index is 10.5. The van der Waals surface area contributed by atoms with Crippen LogP contribution in [0.15, 0.2) is 23.9 Å². The van der Waals surface area contributed by atoms with E-state index in [4.69, 9.17) is 5.11 Å². The molecule has 0 fully saturated rings. The van der Waals surface area contributed by atoms with Crippen LogP contribution in [0.2, 0.25) is 0 Å². The smallest absolute Gasteiger partial charge is 0.313 e. The summed E-state index contributed by atoms with van der Waals surface area (Å²) in [4.78, 5) is 14.7. The van der Waals surface area contributed by atoms with Crippen LogP contribution in [0.25, 0.3) is 0 Å². The van der Waals surface area contributed by atoms with Crippen LogP contribution in [0, 0.1) is 0 Å². The Morgan fingerprint density at radius 3 is 3.06 bits per heavy atom. The predicted molar refractivity (Wildman–Crippen MR) is 65.3 cm³/mol. The van der Waals surface area contributed by atoms with Gasteiger partial charge in [-0.2, -0.15) is 0 Å². The normalized spacial score (nSPS) is 10.7. The highest BCUT2D eigenvalue weighted by atomic mass is 32.2. The summed E-state index contributed by atoms with van der Waals surface area (Å²) in [5, 5.41) is 16.9. The van der Waals surface area contributed by atoms with Gasteiger partial charge in [0, 0.05) is 32.4 Å². The zero-order chi connectivity index (χ0) is 13.0. The molecule has 8 heteroatoms. The second kappa shape index (κ2) is 5.67. The number of carboxylic acid groups (broad SMARTS) is 1. The maximum Gasteiger partial charge on any atom is 0.313 e. The van der Waals surface area contributed by atoms with Gasteiger partial charge in [-0.25, -0.2) is 4.98 Å². The van der Waals surface area contributed by atoms with Gasteiger partial charge in [-0.3, -0.25) is 4.79 Å². The molecule has 0 radical (unpaired) electrons. The topological polar surface area (TPSA) is 85.8 Å². The summed E-state index contributed by atoms with van der Waals surface area (Å²) in [6.45, 7) is 0.680. The summed E-state index contributed by atoms with van der Waals surface area (Å²) >= 11 is 1.17. The number of carbonyl (C=O) groups is 1. The predicted octanol–water partition coefficient (Wildman–Crippen LogP) is 0.431. The first-order valence-corrected chi connectivity index (χ1v) is 6.34. The second-order valence-electron chi connectivity index (χ2n) is 3.69. The van der Waals surface area contributed by atoms with Crippen LogP contribution < -0.4 is 0 Å². The van der Waals surface area contributed by atoms with Crippen molar-refractivity contribution in [2.24, 2.45) is 7.05 Å². The minimum Gasteiger partial charge on any atom is -0.481 e. The first-order chi connectivity index (χ1) is 8.66.